The Hall–Kier alpha value is -2.34. The lowest BCUT2D eigenvalue weighted by molar-refractivity contribution is -0.244. The number of aromatic hydroxyl groups is 1. The maximum atomic E-state index is 11.2. The van der Waals surface area contributed by atoms with Crippen LogP contribution in [0.4, 0.5) is 0 Å². The Bertz CT molecular complexity index is 851. The van der Waals surface area contributed by atoms with Crippen LogP contribution in [-0.2, 0) is 19.0 Å². The van der Waals surface area contributed by atoms with Crippen LogP contribution in [0.5, 0.6) is 5.75 Å². The van der Waals surface area contributed by atoms with Crippen molar-refractivity contribution in [2.45, 2.75) is 31.7 Å². The van der Waals surface area contributed by atoms with Gasteiger partial charge in [0.25, 0.3) is 0 Å². The molecule has 3 atom stereocenters. The van der Waals surface area contributed by atoms with E-state index in [0.717, 1.165) is 11.1 Å². The molecule has 6 heteroatoms. The van der Waals surface area contributed by atoms with E-state index in [1.54, 1.807) is 18.2 Å². The summed E-state index contributed by atoms with van der Waals surface area (Å²) in [6, 6.07) is 14.6. The SMILES string of the molecule is COC(=O)CCC=CC[C@H]1CO[C@@H](c2ccccc2Cl)O[C@H]1c1ccccc1O. The highest BCUT2D eigenvalue weighted by Gasteiger charge is 2.35. The van der Waals surface area contributed by atoms with Gasteiger partial charge in [0.1, 0.15) is 5.75 Å². The molecule has 2 aromatic carbocycles. The van der Waals surface area contributed by atoms with Crippen LogP contribution in [0.25, 0.3) is 0 Å². The Balaban J connectivity index is 1.74. The number of carbonyl (C=O) groups is 1. The average Bonchev–Trinajstić information content (AvgIpc) is 2.74. The number of para-hydroxylation sites is 1. The molecule has 0 spiro atoms. The number of phenols is 1. The van der Waals surface area contributed by atoms with E-state index in [0.29, 0.717) is 30.9 Å². The number of halogens is 1. The van der Waals surface area contributed by atoms with Gasteiger partial charge in [0.05, 0.1) is 19.8 Å². The van der Waals surface area contributed by atoms with Gasteiger partial charge >= 0.3 is 5.97 Å². The van der Waals surface area contributed by atoms with Crippen LogP contribution in [0.15, 0.2) is 60.7 Å². The van der Waals surface area contributed by atoms with Crippen molar-refractivity contribution >= 4 is 17.6 Å². The number of hydrogen-bond donors (Lipinski definition) is 1. The van der Waals surface area contributed by atoms with Gasteiger partial charge < -0.3 is 19.3 Å². The summed E-state index contributed by atoms with van der Waals surface area (Å²) in [6.45, 7) is 0.455. The molecular weight excluding hydrogens is 392 g/mol. The molecule has 0 aliphatic carbocycles. The van der Waals surface area contributed by atoms with Crippen LogP contribution in [-0.4, -0.2) is 24.8 Å². The molecule has 0 unspecified atom stereocenters. The normalized spacial score (nSPS) is 21.9. The predicted octanol–water partition coefficient (Wildman–Crippen LogP) is 5.35. The second-order valence-corrected chi connectivity index (χ2v) is 7.29. The largest absolute Gasteiger partial charge is 0.508 e. The summed E-state index contributed by atoms with van der Waals surface area (Å²) in [4.78, 5) is 11.2. The van der Waals surface area contributed by atoms with E-state index in [1.807, 2.05) is 42.5 Å². The van der Waals surface area contributed by atoms with Crippen LogP contribution in [0.1, 0.15) is 42.8 Å². The number of allylic oxidation sites excluding steroid dienone is 2. The molecule has 3 rings (SSSR count). The monoisotopic (exact) mass is 416 g/mol. The van der Waals surface area contributed by atoms with E-state index in [2.05, 4.69) is 4.74 Å². The number of benzene rings is 2. The fourth-order valence-electron chi connectivity index (χ4n) is 3.35. The minimum absolute atomic E-state index is 0.0106. The van der Waals surface area contributed by atoms with Crippen molar-refractivity contribution in [3.63, 3.8) is 0 Å². The highest BCUT2D eigenvalue weighted by molar-refractivity contribution is 6.31. The summed E-state index contributed by atoms with van der Waals surface area (Å²) in [5.74, 6) is -0.0259. The zero-order chi connectivity index (χ0) is 20.6. The second-order valence-electron chi connectivity index (χ2n) is 6.88. The molecule has 5 nitrogen and oxygen atoms in total. The van der Waals surface area contributed by atoms with Crippen LogP contribution in [0.3, 0.4) is 0 Å². The molecule has 0 radical (unpaired) electrons. The summed E-state index contributed by atoms with van der Waals surface area (Å²) < 4.78 is 16.9. The van der Waals surface area contributed by atoms with E-state index in [-0.39, 0.29) is 23.7 Å². The van der Waals surface area contributed by atoms with Gasteiger partial charge in [0.2, 0.25) is 0 Å². The zero-order valence-corrected chi connectivity index (χ0v) is 17.0. The van der Waals surface area contributed by atoms with Gasteiger partial charge in [0.15, 0.2) is 6.29 Å². The number of methoxy groups -OCH3 is 1. The first-order chi connectivity index (χ1) is 14.1. The minimum Gasteiger partial charge on any atom is -0.508 e. The fraction of sp³-hybridized carbons (Fsp3) is 0.348. The van der Waals surface area contributed by atoms with Crippen molar-refractivity contribution in [1.29, 1.82) is 0 Å². The summed E-state index contributed by atoms with van der Waals surface area (Å²) in [6.07, 6.45) is 4.67. The molecule has 1 fully saturated rings. The molecule has 154 valence electrons. The van der Waals surface area contributed by atoms with Gasteiger partial charge in [0, 0.05) is 28.5 Å². The third-order valence-corrected chi connectivity index (χ3v) is 5.25. The Kier molecular flexibility index (Phi) is 7.69. The zero-order valence-electron chi connectivity index (χ0n) is 16.3. The third-order valence-electron chi connectivity index (χ3n) is 4.91. The van der Waals surface area contributed by atoms with Gasteiger partial charge in [-0.3, -0.25) is 4.79 Å². The molecule has 0 aromatic heterocycles. The van der Waals surface area contributed by atoms with Crippen LogP contribution < -0.4 is 0 Å². The Morgan fingerprint density at radius 3 is 2.62 bits per heavy atom. The van der Waals surface area contributed by atoms with Crippen molar-refractivity contribution < 1.29 is 24.1 Å². The topological polar surface area (TPSA) is 65.0 Å². The van der Waals surface area contributed by atoms with E-state index in [4.69, 9.17) is 21.1 Å². The number of phenolic OH excluding ortho intramolecular Hbond substituents is 1. The molecule has 1 heterocycles. The van der Waals surface area contributed by atoms with Crippen LogP contribution in [0.2, 0.25) is 5.02 Å². The first-order valence-electron chi connectivity index (χ1n) is 9.61. The summed E-state index contributed by atoms with van der Waals surface area (Å²) in [5, 5.41) is 11.0. The third kappa shape index (κ3) is 5.60. The van der Waals surface area contributed by atoms with Crippen LogP contribution >= 0.6 is 11.6 Å². The summed E-state index contributed by atoms with van der Waals surface area (Å²) >= 11 is 6.32. The quantitative estimate of drug-likeness (QED) is 0.487. The molecule has 0 saturated carbocycles. The lowest BCUT2D eigenvalue weighted by Gasteiger charge is -2.37. The van der Waals surface area contributed by atoms with Crippen molar-refractivity contribution in [3.8, 4) is 5.75 Å². The van der Waals surface area contributed by atoms with Gasteiger partial charge in [-0.05, 0) is 25.0 Å². The first kappa shape index (κ1) is 21.4. The van der Waals surface area contributed by atoms with Gasteiger partial charge in [-0.2, -0.15) is 0 Å². The average molecular weight is 417 g/mol. The minimum atomic E-state index is -0.604. The highest BCUT2D eigenvalue weighted by Crippen LogP contribution is 2.43. The lowest BCUT2D eigenvalue weighted by atomic mass is 9.91. The molecule has 29 heavy (non-hydrogen) atoms. The molecule has 1 saturated heterocycles. The molecule has 1 aliphatic heterocycles. The smallest absolute Gasteiger partial charge is 0.305 e. The molecule has 2 aromatic rings. The van der Waals surface area contributed by atoms with Gasteiger partial charge in [-0.15, -0.1) is 0 Å². The molecular formula is C23H25ClO5. The number of carbonyl (C=O) groups excluding carboxylic acids is 1. The first-order valence-corrected chi connectivity index (χ1v) is 9.99. The summed E-state index contributed by atoms with van der Waals surface area (Å²) in [7, 11) is 1.38. The highest BCUT2D eigenvalue weighted by atomic mass is 35.5. The predicted molar refractivity (Wildman–Crippen MR) is 111 cm³/mol. The van der Waals surface area contributed by atoms with E-state index < -0.39 is 6.29 Å². The second kappa shape index (κ2) is 10.4. The van der Waals surface area contributed by atoms with Crippen molar-refractivity contribution in [3.05, 3.63) is 76.8 Å². The van der Waals surface area contributed by atoms with Crippen molar-refractivity contribution in [1.82, 2.24) is 0 Å². The maximum Gasteiger partial charge on any atom is 0.305 e. The van der Waals surface area contributed by atoms with Crippen molar-refractivity contribution in [2.24, 2.45) is 5.92 Å². The van der Waals surface area contributed by atoms with Gasteiger partial charge in [-0.1, -0.05) is 60.2 Å². The van der Waals surface area contributed by atoms with Crippen LogP contribution in [0, 0.1) is 5.92 Å². The molecule has 0 amide bonds. The lowest BCUT2D eigenvalue weighted by Crippen LogP contribution is -2.30. The molecule has 1 aliphatic rings. The van der Waals surface area contributed by atoms with Gasteiger partial charge in [-0.25, -0.2) is 0 Å². The molecule has 0 bridgehead atoms. The van der Waals surface area contributed by atoms with E-state index in [9.17, 15) is 9.90 Å². The Labute approximate surface area is 175 Å². The number of hydrogen-bond acceptors (Lipinski definition) is 5. The van der Waals surface area contributed by atoms with E-state index >= 15 is 0 Å². The fourth-order valence-corrected chi connectivity index (χ4v) is 3.58. The summed E-state index contributed by atoms with van der Waals surface area (Å²) in [5.41, 5.74) is 1.49. The maximum absolute atomic E-state index is 11.2. The Morgan fingerprint density at radius 1 is 1.17 bits per heavy atom. The number of ether oxygens (including phenoxy) is 3. The van der Waals surface area contributed by atoms with Crippen molar-refractivity contribution in [2.75, 3.05) is 13.7 Å². The number of rotatable bonds is 7. The number of esters is 1. The molecule has 1 N–H and O–H groups in total. The van der Waals surface area contributed by atoms with E-state index in [1.165, 1.54) is 7.11 Å². The standard InChI is InChI=1S/C23H25ClO5/c1-27-21(26)14-4-2-3-9-16-15-28-23(17-10-5-7-12-19(17)24)29-22(16)18-11-6-8-13-20(18)25/h2-3,5-8,10-13,16,22-23,25H,4,9,14-15H2,1H3/t16-,22+,23+/m0/s1. The Morgan fingerprint density at radius 2 is 1.90 bits per heavy atom.